The molecule has 2 aromatic carbocycles. The topological polar surface area (TPSA) is 37.3 Å². The predicted octanol–water partition coefficient (Wildman–Crippen LogP) is 4.40. The molecular formula is C18H18O2. The van der Waals surface area contributed by atoms with Crippen LogP contribution < -0.4 is 0 Å². The van der Waals surface area contributed by atoms with Crippen LogP contribution in [0.2, 0.25) is 0 Å². The summed E-state index contributed by atoms with van der Waals surface area (Å²) < 4.78 is 0. The van der Waals surface area contributed by atoms with E-state index in [0.717, 1.165) is 17.5 Å². The Balaban J connectivity index is 2.23. The average molecular weight is 266 g/mol. The number of benzene rings is 2. The van der Waals surface area contributed by atoms with E-state index >= 15 is 0 Å². The van der Waals surface area contributed by atoms with Crippen LogP contribution in [0.25, 0.3) is 17.2 Å². The van der Waals surface area contributed by atoms with Crippen molar-refractivity contribution in [1.29, 1.82) is 0 Å². The Labute approximate surface area is 119 Å². The monoisotopic (exact) mass is 266 g/mol. The summed E-state index contributed by atoms with van der Waals surface area (Å²) in [6.07, 6.45) is 2.71. The minimum Gasteiger partial charge on any atom is -0.478 e. The first-order valence-corrected chi connectivity index (χ1v) is 6.71. The number of hydrogen-bond acceptors (Lipinski definition) is 1. The molecule has 0 saturated carbocycles. The van der Waals surface area contributed by atoms with Crippen LogP contribution >= 0.6 is 0 Å². The molecule has 0 unspecified atom stereocenters. The van der Waals surface area contributed by atoms with E-state index in [1.54, 1.807) is 13.0 Å². The number of hydrogen-bond donors (Lipinski definition) is 1. The molecule has 2 rings (SSSR count). The Morgan fingerprint density at radius 1 is 1.00 bits per heavy atom. The van der Waals surface area contributed by atoms with E-state index in [4.69, 9.17) is 5.11 Å². The standard InChI is InChI=1S/C18H18O2/c1-3-14-4-8-16(9-5-14)17-10-6-15(7-11-17)12-13(2)18(19)20/h4-12H,3H2,1-2H3,(H,19,20)/b13-12+. The van der Waals surface area contributed by atoms with Gasteiger partial charge in [0, 0.05) is 5.57 Å². The summed E-state index contributed by atoms with van der Waals surface area (Å²) in [4.78, 5) is 10.8. The molecule has 0 radical (unpaired) electrons. The molecular weight excluding hydrogens is 248 g/mol. The molecule has 0 aliphatic rings. The fraction of sp³-hybridized carbons (Fsp3) is 0.167. The van der Waals surface area contributed by atoms with Crippen molar-refractivity contribution in [3.8, 4) is 11.1 Å². The number of carbonyl (C=O) groups is 1. The Bertz CT molecular complexity index is 619. The van der Waals surface area contributed by atoms with Gasteiger partial charge >= 0.3 is 5.97 Å². The third-order valence-electron chi connectivity index (χ3n) is 3.33. The van der Waals surface area contributed by atoms with Gasteiger partial charge in [-0.2, -0.15) is 0 Å². The highest BCUT2D eigenvalue weighted by Crippen LogP contribution is 2.21. The van der Waals surface area contributed by atoms with Crippen molar-refractivity contribution in [1.82, 2.24) is 0 Å². The zero-order valence-corrected chi connectivity index (χ0v) is 11.8. The van der Waals surface area contributed by atoms with E-state index < -0.39 is 5.97 Å². The fourth-order valence-corrected chi connectivity index (χ4v) is 2.02. The van der Waals surface area contributed by atoms with Crippen LogP contribution in [0.15, 0.2) is 54.1 Å². The van der Waals surface area contributed by atoms with Gasteiger partial charge in [-0.1, -0.05) is 55.5 Å². The number of aliphatic carboxylic acids is 1. The molecule has 0 aliphatic carbocycles. The van der Waals surface area contributed by atoms with Gasteiger partial charge in [-0.25, -0.2) is 4.79 Å². The molecule has 0 aliphatic heterocycles. The van der Waals surface area contributed by atoms with Crippen molar-refractivity contribution in [2.45, 2.75) is 20.3 Å². The maximum Gasteiger partial charge on any atom is 0.331 e. The largest absolute Gasteiger partial charge is 0.478 e. The number of aryl methyl sites for hydroxylation is 1. The lowest BCUT2D eigenvalue weighted by Gasteiger charge is -2.04. The van der Waals surface area contributed by atoms with Crippen LogP contribution in [0.1, 0.15) is 25.0 Å². The van der Waals surface area contributed by atoms with Gasteiger partial charge in [0.05, 0.1) is 0 Å². The second-order valence-corrected chi connectivity index (χ2v) is 4.80. The average Bonchev–Trinajstić information content (AvgIpc) is 2.48. The summed E-state index contributed by atoms with van der Waals surface area (Å²) in [5, 5.41) is 8.86. The molecule has 0 amide bonds. The summed E-state index contributed by atoms with van der Waals surface area (Å²) in [6.45, 7) is 3.74. The maximum absolute atomic E-state index is 10.8. The summed E-state index contributed by atoms with van der Waals surface area (Å²) in [6, 6.07) is 16.4. The van der Waals surface area contributed by atoms with Crippen LogP contribution in [-0.4, -0.2) is 11.1 Å². The van der Waals surface area contributed by atoms with Gasteiger partial charge in [0.25, 0.3) is 0 Å². The second-order valence-electron chi connectivity index (χ2n) is 4.80. The fourth-order valence-electron chi connectivity index (χ4n) is 2.02. The third-order valence-corrected chi connectivity index (χ3v) is 3.33. The van der Waals surface area contributed by atoms with Gasteiger partial charge in [0.15, 0.2) is 0 Å². The van der Waals surface area contributed by atoms with Gasteiger partial charge < -0.3 is 5.11 Å². The van der Waals surface area contributed by atoms with E-state index in [-0.39, 0.29) is 0 Å². The first kappa shape index (κ1) is 14.1. The lowest BCUT2D eigenvalue weighted by atomic mass is 10.0. The van der Waals surface area contributed by atoms with Crippen LogP contribution in [-0.2, 0) is 11.2 Å². The molecule has 20 heavy (non-hydrogen) atoms. The molecule has 0 spiro atoms. The summed E-state index contributed by atoms with van der Waals surface area (Å²) in [5.74, 6) is -0.885. The molecule has 0 heterocycles. The van der Waals surface area contributed by atoms with Crippen LogP contribution in [0.5, 0.6) is 0 Å². The van der Waals surface area contributed by atoms with E-state index in [1.807, 2.05) is 24.3 Å². The molecule has 102 valence electrons. The third kappa shape index (κ3) is 3.35. The van der Waals surface area contributed by atoms with Crippen LogP contribution in [0.4, 0.5) is 0 Å². The first-order chi connectivity index (χ1) is 9.60. The van der Waals surface area contributed by atoms with Crippen molar-refractivity contribution < 1.29 is 9.90 Å². The minimum atomic E-state index is -0.885. The van der Waals surface area contributed by atoms with Gasteiger partial charge in [-0.15, -0.1) is 0 Å². The van der Waals surface area contributed by atoms with Crippen molar-refractivity contribution in [2.24, 2.45) is 0 Å². The summed E-state index contributed by atoms with van der Waals surface area (Å²) in [5.41, 5.74) is 4.87. The van der Waals surface area contributed by atoms with E-state index in [1.165, 1.54) is 11.1 Å². The Kier molecular flexibility index (Phi) is 4.36. The summed E-state index contributed by atoms with van der Waals surface area (Å²) in [7, 11) is 0. The SMILES string of the molecule is CCc1ccc(-c2ccc(/C=C(\C)C(=O)O)cc2)cc1. The highest BCUT2D eigenvalue weighted by Gasteiger charge is 2.01. The first-order valence-electron chi connectivity index (χ1n) is 6.71. The van der Waals surface area contributed by atoms with Gasteiger partial charge in [0.1, 0.15) is 0 Å². The molecule has 0 atom stereocenters. The predicted molar refractivity (Wildman–Crippen MR) is 82.5 cm³/mol. The number of carboxylic acid groups (broad SMARTS) is 1. The Morgan fingerprint density at radius 3 is 1.95 bits per heavy atom. The Hall–Kier alpha value is -2.35. The van der Waals surface area contributed by atoms with Crippen molar-refractivity contribution in [3.63, 3.8) is 0 Å². The number of rotatable bonds is 4. The van der Waals surface area contributed by atoms with Crippen LogP contribution in [0, 0.1) is 0 Å². The van der Waals surface area contributed by atoms with Gasteiger partial charge in [-0.05, 0) is 41.7 Å². The highest BCUT2D eigenvalue weighted by molar-refractivity contribution is 5.91. The molecule has 1 N–H and O–H groups in total. The van der Waals surface area contributed by atoms with E-state index in [0.29, 0.717) is 5.57 Å². The zero-order chi connectivity index (χ0) is 14.5. The highest BCUT2D eigenvalue weighted by atomic mass is 16.4. The molecule has 2 aromatic rings. The smallest absolute Gasteiger partial charge is 0.331 e. The van der Waals surface area contributed by atoms with Gasteiger partial charge in [-0.3, -0.25) is 0 Å². The lowest BCUT2D eigenvalue weighted by molar-refractivity contribution is -0.132. The van der Waals surface area contributed by atoms with Crippen LogP contribution in [0.3, 0.4) is 0 Å². The molecule has 2 nitrogen and oxygen atoms in total. The molecule has 0 saturated heterocycles. The number of carboxylic acids is 1. The summed E-state index contributed by atoms with van der Waals surface area (Å²) >= 11 is 0. The van der Waals surface area contributed by atoms with Crippen molar-refractivity contribution in [2.75, 3.05) is 0 Å². The van der Waals surface area contributed by atoms with E-state index in [2.05, 4.69) is 31.2 Å². The molecule has 0 fully saturated rings. The van der Waals surface area contributed by atoms with Gasteiger partial charge in [0.2, 0.25) is 0 Å². The zero-order valence-electron chi connectivity index (χ0n) is 11.8. The molecule has 0 aromatic heterocycles. The quantitative estimate of drug-likeness (QED) is 0.832. The van der Waals surface area contributed by atoms with Crippen molar-refractivity contribution in [3.05, 3.63) is 65.2 Å². The lowest BCUT2D eigenvalue weighted by Crippen LogP contribution is -1.95. The second kappa shape index (κ2) is 6.20. The maximum atomic E-state index is 10.8. The normalized spacial score (nSPS) is 11.4. The van der Waals surface area contributed by atoms with Crippen molar-refractivity contribution >= 4 is 12.0 Å². The Morgan fingerprint density at radius 2 is 1.50 bits per heavy atom. The van der Waals surface area contributed by atoms with E-state index in [9.17, 15) is 4.79 Å². The molecule has 2 heteroatoms. The molecule has 0 bridgehead atoms. The minimum absolute atomic E-state index is 0.338.